The van der Waals surface area contributed by atoms with Crippen LogP contribution in [0.2, 0.25) is 0 Å². The molecule has 4 heteroatoms. The smallest absolute Gasteiger partial charge is 0.252 e. The summed E-state index contributed by atoms with van der Waals surface area (Å²) >= 11 is 0. The molecule has 1 aliphatic rings. The minimum atomic E-state index is -0.000906. The van der Waals surface area contributed by atoms with Crippen LogP contribution in [0.15, 0.2) is 29.1 Å². The molecule has 1 saturated carbocycles. The highest BCUT2D eigenvalue weighted by molar-refractivity contribution is 5.93. The topological polar surface area (TPSA) is 60.0 Å². The molecule has 3 N–H and O–H groups in total. The quantitative estimate of drug-likeness (QED) is 0.794. The van der Waals surface area contributed by atoms with Crippen LogP contribution in [0.1, 0.15) is 19.8 Å². The van der Waals surface area contributed by atoms with Gasteiger partial charge in [0.1, 0.15) is 0 Å². The van der Waals surface area contributed by atoms with Gasteiger partial charge in [0, 0.05) is 35.4 Å². The third kappa shape index (κ3) is 1.74. The molecule has 4 nitrogen and oxygen atoms in total. The van der Waals surface area contributed by atoms with Crippen molar-refractivity contribution in [1.29, 1.82) is 0 Å². The Hall–Kier alpha value is -1.97. The lowest BCUT2D eigenvalue weighted by atomic mass is 10.1. The van der Waals surface area contributed by atoms with Gasteiger partial charge in [-0.2, -0.15) is 0 Å². The molecule has 0 unspecified atom stereocenters. The van der Waals surface area contributed by atoms with Gasteiger partial charge in [0.25, 0.3) is 5.56 Å². The predicted molar refractivity (Wildman–Crippen MR) is 74.9 cm³/mol. The predicted octanol–water partition coefficient (Wildman–Crippen LogP) is 2.09. The van der Waals surface area contributed by atoms with Crippen molar-refractivity contribution in [2.75, 3.05) is 11.1 Å². The lowest BCUT2D eigenvalue weighted by Gasteiger charge is -2.17. The number of fused-ring (bicyclic) bond motifs is 1. The maximum Gasteiger partial charge on any atom is 0.252 e. The van der Waals surface area contributed by atoms with Gasteiger partial charge in [-0.05, 0) is 38.0 Å². The summed E-state index contributed by atoms with van der Waals surface area (Å²) in [5.41, 5.74) is 8.50. The van der Waals surface area contributed by atoms with Crippen LogP contribution in [0.4, 0.5) is 11.4 Å². The SMILES string of the molecule is Cn1c(=O)cc(NC2(C)CC2)c2cc(N)ccc21. The van der Waals surface area contributed by atoms with Crippen LogP contribution >= 0.6 is 0 Å². The summed E-state index contributed by atoms with van der Waals surface area (Å²) in [7, 11) is 1.78. The molecule has 1 aromatic heterocycles. The number of nitrogens with zero attached hydrogens (tertiary/aromatic N) is 1. The Morgan fingerprint density at radius 2 is 2.06 bits per heavy atom. The van der Waals surface area contributed by atoms with E-state index in [1.807, 2.05) is 18.2 Å². The highest BCUT2D eigenvalue weighted by Gasteiger charge is 2.37. The van der Waals surface area contributed by atoms with Crippen LogP contribution in [-0.2, 0) is 7.05 Å². The Morgan fingerprint density at radius 1 is 1.33 bits per heavy atom. The summed E-state index contributed by atoms with van der Waals surface area (Å²) < 4.78 is 1.65. The molecule has 1 fully saturated rings. The Labute approximate surface area is 105 Å². The third-order valence-electron chi connectivity index (χ3n) is 3.71. The Kier molecular flexibility index (Phi) is 2.17. The normalized spacial score (nSPS) is 16.8. The molecule has 0 aliphatic heterocycles. The first-order valence-electron chi connectivity index (χ1n) is 6.16. The van der Waals surface area contributed by atoms with Crippen LogP contribution in [0.25, 0.3) is 10.9 Å². The summed E-state index contributed by atoms with van der Waals surface area (Å²) in [4.78, 5) is 11.9. The van der Waals surface area contributed by atoms with Crippen molar-refractivity contribution >= 4 is 22.3 Å². The van der Waals surface area contributed by atoms with Gasteiger partial charge in [0.05, 0.1) is 5.52 Å². The Balaban J connectivity index is 2.26. The summed E-state index contributed by atoms with van der Waals surface area (Å²) in [6.07, 6.45) is 2.29. The molecule has 2 aromatic rings. The fraction of sp³-hybridized carbons (Fsp3) is 0.357. The second-order valence-electron chi connectivity index (χ2n) is 5.42. The number of hydrogen-bond acceptors (Lipinski definition) is 3. The Morgan fingerprint density at radius 3 is 2.72 bits per heavy atom. The zero-order valence-electron chi connectivity index (χ0n) is 10.7. The monoisotopic (exact) mass is 243 g/mol. The molecular formula is C14H17N3O. The van der Waals surface area contributed by atoms with E-state index in [1.54, 1.807) is 17.7 Å². The van der Waals surface area contributed by atoms with Crippen molar-refractivity contribution in [1.82, 2.24) is 4.57 Å². The van der Waals surface area contributed by atoms with Crippen LogP contribution in [-0.4, -0.2) is 10.1 Å². The number of hydrogen-bond donors (Lipinski definition) is 2. The first-order chi connectivity index (χ1) is 8.48. The molecular weight excluding hydrogens is 226 g/mol. The Bertz CT molecular complexity index is 683. The number of benzene rings is 1. The standard InChI is InChI=1S/C14H17N3O/c1-14(5-6-14)16-11-8-13(18)17(2)12-4-3-9(15)7-10(11)12/h3-4,7-8,16H,5-6,15H2,1-2H3. The van der Waals surface area contributed by atoms with Gasteiger partial charge in [0.2, 0.25) is 0 Å². The molecule has 1 heterocycles. The molecule has 1 aliphatic carbocycles. The minimum absolute atomic E-state index is 0.000906. The van der Waals surface area contributed by atoms with Crippen molar-refractivity contribution in [2.45, 2.75) is 25.3 Å². The van der Waals surface area contributed by atoms with Crippen LogP contribution in [0, 0.1) is 0 Å². The van der Waals surface area contributed by atoms with Gasteiger partial charge in [-0.1, -0.05) is 0 Å². The molecule has 0 saturated heterocycles. The average molecular weight is 243 g/mol. The molecule has 94 valence electrons. The molecule has 0 spiro atoms. The fourth-order valence-electron chi connectivity index (χ4n) is 2.22. The molecule has 1 aromatic carbocycles. The van der Waals surface area contributed by atoms with Crippen LogP contribution in [0.5, 0.6) is 0 Å². The van der Waals surface area contributed by atoms with Crippen LogP contribution < -0.4 is 16.6 Å². The number of aromatic nitrogens is 1. The molecule has 0 atom stereocenters. The lowest BCUT2D eigenvalue weighted by molar-refractivity contribution is 0.827. The number of pyridine rings is 1. The second kappa shape index (κ2) is 3.51. The summed E-state index contributed by atoms with van der Waals surface area (Å²) in [6.45, 7) is 2.17. The number of anilines is 2. The zero-order chi connectivity index (χ0) is 12.9. The third-order valence-corrected chi connectivity index (χ3v) is 3.71. The summed E-state index contributed by atoms with van der Waals surface area (Å²) in [6, 6.07) is 7.30. The molecule has 18 heavy (non-hydrogen) atoms. The van der Waals surface area contributed by atoms with Gasteiger partial charge < -0.3 is 15.6 Å². The van der Waals surface area contributed by atoms with Crippen molar-refractivity contribution in [3.8, 4) is 0 Å². The van der Waals surface area contributed by atoms with E-state index >= 15 is 0 Å². The second-order valence-corrected chi connectivity index (χ2v) is 5.42. The molecule has 0 bridgehead atoms. The summed E-state index contributed by atoms with van der Waals surface area (Å²) in [5.74, 6) is 0. The van der Waals surface area contributed by atoms with E-state index < -0.39 is 0 Å². The van der Waals surface area contributed by atoms with E-state index in [9.17, 15) is 4.79 Å². The molecule has 3 rings (SSSR count). The van der Waals surface area contributed by atoms with E-state index in [0.29, 0.717) is 5.69 Å². The number of aryl methyl sites for hydroxylation is 1. The van der Waals surface area contributed by atoms with E-state index in [4.69, 9.17) is 5.73 Å². The van der Waals surface area contributed by atoms with Gasteiger partial charge in [-0.3, -0.25) is 4.79 Å². The number of nitrogen functional groups attached to an aromatic ring is 1. The maximum absolute atomic E-state index is 11.9. The first kappa shape index (κ1) is 11.1. The highest BCUT2D eigenvalue weighted by atomic mass is 16.1. The van der Waals surface area contributed by atoms with E-state index in [-0.39, 0.29) is 11.1 Å². The van der Waals surface area contributed by atoms with Crippen LogP contribution in [0.3, 0.4) is 0 Å². The highest BCUT2D eigenvalue weighted by Crippen LogP contribution is 2.39. The maximum atomic E-state index is 11.9. The van der Waals surface area contributed by atoms with Crippen molar-refractivity contribution in [2.24, 2.45) is 7.05 Å². The molecule has 0 radical (unpaired) electrons. The van der Waals surface area contributed by atoms with Gasteiger partial charge in [-0.25, -0.2) is 0 Å². The van der Waals surface area contributed by atoms with Gasteiger partial charge in [-0.15, -0.1) is 0 Å². The van der Waals surface area contributed by atoms with Crippen molar-refractivity contribution in [3.05, 3.63) is 34.6 Å². The van der Waals surface area contributed by atoms with Gasteiger partial charge >= 0.3 is 0 Å². The summed E-state index contributed by atoms with van der Waals surface area (Å²) in [5, 5.41) is 4.47. The van der Waals surface area contributed by atoms with E-state index in [1.165, 1.54) is 0 Å². The van der Waals surface area contributed by atoms with Gasteiger partial charge in [0.15, 0.2) is 0 Å². The zero-order valence-corrected chi connectivity index (χ0v) is 10.7. The molecule has 0 amide bonds. The number of rotatable bonds is 2. The van der Waals surface area contributed by atoms with Crippen molar-refractivity contribution < 1.29 is 0 Å². The minimum Gasteiger partial charge on any atom is -0.399 e. The van der Waals surface area contributed by atoms with Crippen molar-refractivity contribution in [3.63, 3.8) is 0 Å². The number of nitrogens with two attached hydrogens (primary N) is 1. The van der Waals surface area contributed by atoms with E-state index in [0.717, 1.165) is 29.4 Å². The number of nitrogens with one attached hydrogen (secondary N) is 1. The average Bonchev–Trinajstić information content (AvgIpc) is 3.03. The first-order valence-corrected chi connectivity index (χ1v) is 6.16. The lowest BCUT2D eigenvalue weighted by Crippen LogP contribution is -2.21. The largest absolute Gasteiger partial charge is 0.399 e. The fourth-order valence-corrected chi connectivity index (χ4v) is 2.22. The van der Waals surface area contributed by atoms with E-state index in [2.05, 4.69) is 12.2 Å².